The van der Waals surface area contributed by atoms with Crippen molar-refractivity contribution in [1.82, 2.24) is 15.1 Å². The number of nitrogens with one attached hydrogen (secondary N) is 1. The highest BCUT2D eigenvalue weighted by Gasteiger charge is 2.32. The van der Waals surface area contributed by atoms with Gasteiger partial charge in [-0.3, -0.25) is 4.68 Å². The Morgan fingerprint density at radius 1 is 1.25 bits per heavy atom. The fourth-order valence-corrected chi connectivity index (χ4v) is 2.54. The molecule has 0 aliphatic carbocycles. The van der Waals surface area contributed by atoms with E-state index < -0.39 is 5.54 Å². The van der Waals surface area contributed by atoms with Gasteiger partial charge in [0, 0.05) is 12.2 Å². The first-order chi connectivity index (χ1) is 9.55. The summed E-state index contributed by atoms with van der Waals surface area (Å²) < 4.78 is 1.88. The van der Waals surface area contributed by atoms with Crippen LogP contribution in [0.3, 0.4) is 0 Å². The zero-order chi connectivity index (χ0) is 14.6. The molecule has 20 heavy (non-hydrogen) atoms. The predicted octanol–water partition coefficient (Wildman–Crippen LogP) is 2.08. The van der Waals surface area contributed by atoms with Crippen LogP contribution in [0.25, 0.3) is 0 Å². The molecule has 2 N–H and O–H groups in total. The van der Waals surface area contributed by atoms with Crippen LogP contribution in [0.4, 0.5) is 0 Å². The van der Waals surface area contributed by atoms with Gasteiger partial charge in [-0.05, 0) is 32.4 Å². The van der Waals surface area contributed by atoms with Crippen molar-refractivity contribution >= 4 is 0 Å². The standard InChI is InChI=1S/C16H23N3O/c1-13(2)17-16(12-20,15-7-5-4-6-8-15)11-19-10-9-14(3)18-19/h4-10,13,17,20H,11-12H2,1-3H3. The zero-order valence-corrected chi connectivity index (χ0v) is 12.4. The maximum atomic E-state index is 10.0. The lowest BCUT2D eigenvalue weighted by molar-refractivity contribution is 0.128. The van der Waals surface area contributed by atoms with Crippen LogP contribution in [0.15, 0.2) is 42.6 Å². The SMILES string of the molecule is Cc1ccn(CC(CO)(NC(C)C)c2ccccc2)n1. The van der Waals surface area contributed by atoms with Crippen molar-refractivity contribution in [1.29, 1.82) is 0 Å². The summed E-state index contributed by atoms with van der Waals surface area (Å²) >= 11 is 0. The number of nitrogens with zero attached hydrogens (tertiary/aromatic N) is 2. The lowest BCUT2D eigenvalue weighted by Gasteiger charge is -2.35. The lowest BCUT2D eigenvalue weighted by Crippen LogP contribution is -2.51. The number of aryl methyl sites for hydroxylation is 1. The van der Waals surface area contributed by atoms with Crippen molar-refractivity contribution in [3.05, 3.63) is 53.9 Å². The van der Waals surface area contributed by atoms with Crippen LogP contribution in [0.1, 0.15) is 25.1 Å². The third kappa shape index (κ3) is 3.26. The van der Waals surface area contributed by atoms with Crippen LogP contribution in [-0.4, -0.2) is 27.5 Å². The number of aromatic nitrogens is 2. The second kappa shape index (κ2) is 6.20. The van der Waals surface area contributed by atoms with E-state index in [1.54, 1.807) is 0 Å². The topological polar surface area (TPSA) is 50.1 Å². The maximum Gasteiger partial charge on any atom is 0.0869 e. The molecule has 0 saturated heterocycles. The van der Waals surface area contributed by atoms with Crippen LogP contribution in [0.2, 0.25) is 0 Å². The van der Waals surface area contributed by atoms with Crippen LogP contribution >= 0.6 is 0 Å². The molecule has 1 heterocycles. The Hall–Kier alpha value is -1.65. The molecule has 0 radical (unpaired) electrons. The van der Waals surface area contributed by atoms with Crippen molar-refractivity contribution in [3.63, 3.8) is 0 Å². The highest BCUT2D eigenvalue weighted by Crippen LogP contribution is 2.23. The molecule has 0 aliphatic heterocycles. The molecule has 0 spiro atoms. The molecule has 4 nitrogen and oxygen atoms in total. The minimum Gasteiger partial charge on any atom is -0.394 e. The number of rotatable bonds is 6. The minimum absolute atomic E-state index is 0.0219. The summed E-state index contributed by atoms with van der Waals surface area (Å²) in [5.74, 6) is 0. The van der Waals surface area contributed by atoms with E-state index in [1.807, 2.05) is 54.2 Å². The van der Waals surface area contributed by atoms with E-state index in [9.17, 15) is 5.11 Å². The van der Waals surface area contributed by atoms with Crippen molar-refractivity contribution in [2.24, 2.45) is 0 Å². The molecule has 1 aromatic heterocycles. The third-order valence-corrected chi connectivity index (χ3v) is 3.37. The third-order valence-electron chi connectivity index (χ3n) is 3.37. The second-order valence-corrected chi connectivity index (χ2v) is 5.56. The Labute approximate surface area is 120 Å². The molecule has 4 heteroatoms. The summed E-state index contributed by atoms with van der Waals surface area (Å²) in [4.78, 5) is 0. The summed E-state index contributed by atoms with van der Waals surface area (Å²) in [6, 6.07) is 12.3. The van der Waals surface area contributed by atoms with Gasteiger partial charge in [-0.25, -0.2) is 0 Å². The Morgan fingerprint density at radius 2 is 1.95 bits per heavy atom. The minimum atomic E-state index is -0.520. The highest BCUT2D eigenvalue weighted by atomic mass is 16.3. The monoisotopic (exact) mass is 273 g/mol. The van der Waals surface area contributed by atoms with Crippen molar-refractivity contribution in [2.45, 2.75) is 38.9 Å². The first kappa shape index (κ1) is 14.8. The highest BCUT2D eigenvalue weighted by molar-refractivity contribution is 5.25. The smallest absolute Gasteiger partial charge is 0.0869 e. The average molecular weight is 273 g/mol. The molecular weight excluding hydrogens is 250 g/mol. The van der Waals surface area contributed by atoms with Crippen LogP contribution in [0.5, 0.6) is 0 Å². The Kier molecular flexibility index (Phi) is 4.57. The van der Waals surface area contributed by atoms with Gasteiger partial charge in [0.25, 0.3) is 0 Å². The van der Waals surface area contributed by atoms with Gasteiger partial charge in [-0.15, -0.1) is 0 Å². The van der Waals surface area contributed by atoms with Crippen LogP contribution < -0.4 is 5.32 Å². The number of aliphatic hydroxyl groups excluding tert-OH is 1. The Morgan fingerprint density at radius 3 is 2.45 bits per heavy atom. The van der Waals surface area contributed by atoms with Crippen LogP contribution in [-0.2, 0) is 12.1 Å². The molecular formula is C16H23N3O. The molecule has 2 aromatic rings. The Bertz CT molecular complexity index is 536. The zero-order valence-electron chi connectivity index (χ0n) is 12.4. The van der Waals surface area contributed by atoms with E-state index in [2.05, 4.69) is 24.3 Å². The molecule has 0 aliphatic rings. The normalized spacial score (nSPS) is 14.4. The fourth-order valence-electron chi connectivity index (χ4n) is 2.54. The molecule has 1 unspecified atom stereocenters. The average Bonchev–Trinajstić information content (AvgIpc) is 2.83. The fraction of sp³-hybridized carbons (Fsp3) is 0.438. The largest absolute Gasteiger partial charge is 0.394 e. The van der Waals surface area contributed by atoms with Crippen molar-refractivity contribution in [3.8, 4) is 0 Å². The van der Waals surface area contributed by atoms with Gasteiger partial charge >= 0.3 is 0 Å². The van der Waals surface area contributed by atoms with E-state index in [1.165, 1.54) is 0 Å². The number of hydrogen-bond donors (Lipinski definition) is 2. The molecule has 0 fully saturated rings. The second-order valence-electron chi connectivity index (χ2n) is 5.56. The molecule has 0 bridgehead atoms. The number of aliphatic hydroxyl groups is 1. The van der Waals surface area contributed by atoms with Crippen molar-refractivity contribution in [2.75, 3.05) is 6.61 Å². The van der Waals surface area contributed by atoms with Crippen LogP contribution in [0, 0.1) is 6.92 Å². The van der Waals surface area contributed by atoms with E-state index >= 15 is 0 Å². The summed E-state index contributed by atoms with van der Waals surface area (Å²) in [6.45, 7) is 6.76. The molecule has 1 atom stereocenters. The van der Waals surface area contributed by atoms with Crippen molar-refractivity contribution < 1.29 is 5.11 Å². The summed E-state index contributed by atoms with van der Waals surface area (Å²) in [6.07, 6.45) is 1.95. The summed E-state index contributed by atoms with van der Waals surface area (Å²) in [5, 5.41) is 18.0. The quantitative estimate of drug-likeness (QED) is 0.847. The predicted molar refractivity (Wildman–Crippen MR) is 80.4 cm³/mol. The summed E-state index contributed by atoms with van der Waals surface area (Å²) in [7, 11) is 0. The van der Waals surface area contributed by atoms with E-state index in [0.717, 1.165) is 11.3 Å². The van der Waals surface area contributed by atoms with Gasteiger partial charge in [0.15, 0.2) is 0 Å². The first-order valence-corrected chi connectivity index (χ1v) is 7.00. The molecule has 2 rings (SSSR count). The molecule has 1 aromatic carbocycles. The van der Waals surface area contributed by atoms with E-state index in [0.29, 0.717) is 6.54 Å². The molecule has 108 valence electrons. The van der Waals surface area contributed by atoms with Gasteiger partial charge in [0.2, 0.25) is 0 Å². The maximum absolute atomic E-state index is 10.0. The molecule has 0 saturated carbocycles. The van der Waals surface area contributed by atoms with E-state index in [4.69, 9.17) is 0 Å². The van der Waals surface area contributed by atoms with E-state index in [-0.39, 0.29) is 12.6 Å². The lowest BCUT2D eigenvalue weighted by atomic mass is 9.89. The number of benzene rings is 1. The van der Waals surface area contributed by atoms with Gasteiger partial charge < -0.3 is 10.4 Å². The Balaban J connectivity index is 2.37. The number of hydrogen-bond acceptors (Lipinski definition) is 3. The van der Waals surface area contributed by atoms with Gasteiger partial charge in [-0.2, -0.15) is 5.10 Å². The van der Waals surface area contributed by atoms with Gasteiger partial charge in [0.05, 0.1) is 24.4 Å². The van der Waals surface area contributed by atoms with Gasteiger partial charge in [-0.1, -0.05) is 30.3 Å². The first-order valence-electron chi connectivity index (χ1n) is 7.00. The molecule has 0 amide bonds. The van der Waals surface area contributed by atoms with Gasteiger partial charge in [0.1, 0.15) is 0 Å². The summed E-state index contributed by atoms with van der Waals surface area (Å²) in [5.41, 5.74) is 1.53.